The summed E-state index contributed by atoms with van der Waals surface area (Å²) >= 11 is 0. The van der Waals surface area contributed by atoms with Crippen molar-refractivity contribution in [2.24, 2.45) is 0 Å². The molecule has 1 aliphatic rings. The van der Waals surface area contributed by atoms with E-state index in [4.69, 9.17) is 9.97 Å². The number of hydrogen-bond acceptors (Lipinski definition) is 3. The van der Waals surface area contributed by atoms with Gasteiger partial charge in [-0.2, -0.15) is 0 Å². The van der Waals surface area contributed by atoms with E-state index in [1.165, 1.54) is 27.8 Å². The molecule has 0 N–H and O–H groups in total. The number of rotatable bonds is 6. The van der Waals surface area contributed by atoms with Crippen LogP contribution in [0.25, 0.3) is 39.1 Å². The van der Waals surface area contributed by atoms with Crippen molar-refractivity contribution in [1.82, 2.24) is 19.5 Å². The topological polar surface area (TPSA) is 43.6 Å². The summed E-state index contributed by atoms with van der Waals surface area (Å²) < 4.78 is 2.11. The van der Waals surface area contributed by atoms with Gasteiger partial charge in [0.15, 0.2) is 0 Å². The molecule has 1 atom stereocenters. The average Bonchev–Trinajstić information content (AvgIpc) is 3.58. The number of pyridine rings is 1. The molecule has 3 aromatic carbocycles. The molecule has 0 saturated heterocycles. The Bertz CT molecular complexity index is 1900. The molecule has 0 saturated carbocycles. The molecule has 7 rings (SSSR count). The lowest BCUT2D eigenvalue weighted by atomic mass is 9.72. The van der Waals surface area contributed by atoms with Crippen LogP contribution in [0.1, 0.15) is 16.7 Å². The highest BCUT2D eigenvalue weighted by molar-refractivity contribution is 6.02. The molecule has 0 fully saturated rings. The lowest BCUT2D eigenvalue weighted by Gasteiger charge is -2.29. The summed E-state index contributed by atoms with van der Waals surface area (Å²) in [6.45, 7) is 3.83. The Balaban J connectivity index is 1.48. The summed E-state index contributed by atoms with van der Waals surface area (Å²) in [6.07, 6.45) is 19.6. The Morgan fingerprint density at radius 3 is 2.27 bits per heavy atom. The first-order valence-electron chi connectivity index (χ1n) is 13.3. The third-order valence-electron chi connectivity index (χ3n) is 7.70. The first-order valence-corrected chi connectivity index (χ1v) is 13.3. The van der Waals surface area contributed by atoms with Crippen molar-refractivity contribution in [2.75, 3.05) is 0 Å². The number of nitrogens with zero attached hydrogens (tertiary/aromatic N) is 4. The van der Waals surface area contributed by atoms with Gasteiger partial charge in [0, 0.05) is 47.5 Å². The van der Waals surface area contributed by atoms with E-state index < -0.39 is 5.41 Å². The summed E-state index contributed by atoms with van der Waals surface area (Å²) in [6, 6.07) is 30.1. The SMILES string of the molecule is C=C/C=C\C=C\C1(c2ccccc2)c2ccccc2-c2c1ccc1ccn(-c3ncc(-c4ccncc4)cn3)c21. The van der Waals surface area contributed by atoms with Crippen molar-refractivity contribution in [3.05, 3.63) is 170 Å². The minimum Gasteiger partial charge on any atom is -0.285 e. The zero-order valence-corrected chi connectivity index (χ0v) is 21.9. The second kappa shape index (κ2) is 9.75. The van der Waals surface area contributed by atoms with E-state index in [0.717, 1.165) is 22.0 Å². The molecule has 40 heavy (non-hydrogen) atoms. The van der Waals surface area contributed by atoms with Crippen LogP contribution < -0.4 is 0 Å². The fourth-order valence-corrected chi connectivity index (χ4v) is 5.96. The maximum absolute atomic E-state index is 4.79. The fourth-order valence-electron chi connectivity index (χ4n) is 5.96. The van der Waals surface area contributed by atoms with E-state index in [1.807, 2.05) is 36.7 Å². The quantitative estimate of drug-likeness (QED) is 0.211. The van der Waals surface area contributed by atoms with Crippen molar-refractivity contribution >= 4 is 10.9 Å². The van der Waals surface area contributed by atoms with Gasteiger partial charge >= 0.3 is 0 Å². The summed E-state index contributed by atoms with van der Waals surface area (Å²) in [5.74, 6) is 0.639. The van der Waals surface area contributed by atoms with E-state index >= 15 is 0 Å². The van der Waals surface area contributed by atoms with Crippen molar-refractivity contribution in [1.29, 1.82) is 0 Å². The molecule has 3 aromatic heterocycles. The lowest BCUT2D eigenvalue weighted by molar-refractivity contribution is 0.804. The molecule has 0 amide bonds. The van der Waals surface area contributed by atoms with Crippen molar-refractivity contribution in [3.8, 4) is 28.2 Å². The van der Waals surface area contributed by atoms with Gasteiger partial charge in [0.1, 0.15) is 0 Å². The summed E-state index contributed by atoms with van der Waals surface area (Å²) in [5.41, 5.74) is 8.80. The Hall–Kier alpha value is -5.35. The van der Waals surface area contributed by atoms with Gasteiger partial charge in [0.2, 0.25) is 5.95 Å². The molecule has 0 radical (unpaired) electrons. The average molecular weight is 515 g/mol. The minimum absolute atomic E-state index is 0.450. The number of benzene rings is 3. The molecule has 0 bridgehead atoms. The van der Waals surface area contributed by atoms with Gasteiger partial charge < -0.3 is 0 Å². The van der Waals surface area contributed by atoms with Crippen LogP contribution in [0.3, 0.4) is 0 Å². The predicted molar refractivity (Wildman–Crippen MR) is 162 cm³/mol. The highest BCUT2D eigenvalue weighted by Gasteiger charge is 2.43. The van der Waals surface area contributed by atoms with Crippen LogP contribution in [0.4, 0.5) is 0 Å². The van der Waals surface area contributed by atoms with Crippen LogP contribution in [0.5, 0.6) is 0 Å². The van der Waals surface area contributed by atoms with Crippen molar-refractivity contribution < 1.29 is 0 Å². The number of hydrogen-bond donors (Lipinski definition) is 0. The second-order valence-corrected chi connectivity index (χ2v) is 9.82. The Labute approximate surface area is 233 Å². The van der Waals surface area contributed by atoms with E-state index in [-0.39, 0.29) is 0 Å². The normalized spacial score (nSPS) is 16.0. The second-order valence-electron chi connectivity index (χ2n) is 9.82. The van der Waals surface area contributed by atoms with Crippen LogP contribution in [0.2, 0.25) is 0 Å². The predicted octanol–water partition coefficient (Wildman–Crippen LogP) is 8.10. The fraction of sp³-hybridized carbons (Fsp3) is 0.0278. The van der Waals surface area contributed by atoms with Gasteiger partial charge in [0.05, 0.1) is 10.9 Å². The zero-order valence-electron chi connectivity index (χ0n) is 21.9. The van der Waals surface area contributed by atoms with Crippen LogP contribution in [0, 0.1) is 0 Å². The van der Waals surface area contributed by atoms with Crippen molar-refractivity contribution in [3.63, 3.8) is 0 Å². The molecule has 4 nitrogen and oxygen atoms in total. The molecular formula is C36H26N4. The van der Waals surface area contributed by atoms with E-state index in [0.29, 0.717) is 5.95 Å². The van der Waals surface area contributed by atoms with Crippen LogP contribution in [-0.4, -0.2) is 19.5 Å². The highest BCUT2D eigenvalue weighted by atomic mass is 15.1. The maximum atomic E-state index is 4.79. The van der Waals surface area contributed by atoms with Crippen LogP contribution in [0.15, 0.2) is 153 Å². The number of allylic oxidation sites excluding steroid dienone is 5. The van der Waals surface area contributed by atoms with Crippen molar-refractivity contribution in [2.45, 2.75) is 5.41 Å². The van der Waals surface area contributed by atoms with Gasteiger partial charge in [0.25, 0.3) is 0 Å². The van der Waals surface area contributed by atoms with E-state index in [2.05, 4.69) is 107 Å². The largest absolute Gasteiger partial charge is 0.285 e. The Morgan fingerprint density at radius 1 is 0.700 bits per heavy atom. The third kappa shape index (κ3) is 3.65. The number of fused-ring (bicyclic) bond motifs is 5. The molecule has 0 aliphatic heterocycles. The highest BCUT2D eigenvalue weighted by Crippen LogP contribution is 2.55. The molecule has 190 valence electrons. The standard InChI is InChI=1S/C36H26N4/c1-2-3-4-10-20-36(29-11-6-5-7-12-29)31-14-9-8-13-30(31)33-32(36)16-15-27-19-23-40(34(27)33)35-38-24-28(25-39-35)26-17-21-37-22-18-26/h2-25H,1H2/b4-3-,20-10+. The molecule has 3 heterocycles. The molecule has 4 heteroatoms. The summed E-state index contributed by atoms with van der Waals surface area (Å²) in [7, 11) is 0. The smallest absolute Gasteiger partial charge is 0.234 e. The van der Waals surface area contributed by atoms with Gasteiger partial charge in [-0.05, 0) is 46.0 Å². The minimum atomic E-state index is -0.450. The van der Waals surface area contributed by atoms with Gasteiger partial charge in [-0.1, -0.05) is 104 Å². The van der Waals surface area contributed by atoms with E-state index in [9.17, 15) is 0 Å². The lowest BCUT2D eigenvalue weighted by Crippen LogP contribution is -2.24. The molecule has 0 spiro atoms. The van der Waals surface area contributed by atoms with Gasteiger partial charge in [-0.25, -0.2) is 9.97 Å². The molecule has 6 aromatic rings. The first kappa shape index (κ1) is 23.7. The monoisotopic (exact) mass is 514 g/mol. The summed E-state index contributed by atoms with van der Waals surface area (Å²) in [4.78, 5) is 13.7. The van der Waals surface area contributed by atoms with E-state index in [1.54, 1.807) is 18.5 Å². The zero-order chi connectivity index (χ0) is 26.9. The first-order chi connectivity index (χ1) is 19.8. The third-order valence-corrected chi connectivity index (χ3v) is 7.70. The molecule has 1 aliphatic carbocycles. The van der Waals surface area contributed by atoms with Gasteiger partial charge in [-0.3, -0.25) is 9.55 Å². The maximum Gasteiger partial charge on any atom is 0.234 e. The van der Waals surface area contributed by atoms with Crippen LogP contribution >= 0.6 is 0 Å². The van der Waals surface area contributed by atoms with Crippen LogP contribution in [-0.2, 0) is 5.41 Å². The molecular weight excluding hydrogens is 488 g/mol. The Morgan fingerprint density at radius 2 is 1.48 bits per heavy atom. The molecule has 1 unspecified atom stereocenters. The summed E-state index contributed by atoms with van der Waals surface area (Å²) in [5, 5.41) is 1.15. The van der Waals surface area contributed by atoms with Gasteiger partial charge in [-0.15, -0.1) is 0 Å². The number of aromatic nitrogens is 4. The Kier molecular flexibility index (Phi) is 5.79.